The summed E-state index contributed by atoms with van der Waals surface area (Å²) in [7, 11) is 0. The molecule has 0 amide bonds. The lowest BCUT2D eigenvalue weighted by Gasteiger charge is -2.39. The van der Waals surface area contributed by atoms with Gasteiger partial charge in [-0.15, -0.1) is 0 Å². The SMILES string of the molecule is CCCCC1=[N+]([O-])C2(CCC(=O)C2)C(c2ccccc2)(c2ccccc2)C1=O. The molecule has 1 aliphatic heterocycles. The molecule has 1 saturated carbocycles. The van der Waals surface area contributed by atoms with Crippen molar-refractivity contribution in [3.8, 4) is 0 Å². The molecule has 0 aromatic heterocycles. The van der Waals surface area contributed by atoms with Gasteiger partial charge in [-0.05, 0) is 17.5 Å². The number of ketones is 2. The van der Waals surface area contributed by atoms with Crippen LogP contribution in [0, 0.1) is 5.21 Å². The Morgan fingerprint density at radius 3 is 2.00 bits per heavy atom. The molecule has 4 rings (SSSR count). The summed E-state index contributed by atoms with van der Waals surface area (Å²) in [6.07, 6.45) is 3.00. The third-order valence-corrected chi connectivity index (χ3v) is 6.42. The van der Waals surface area contributed by atoms with Gasteiger partial charge in [0.1, 0.15) is 5.78 Å². The van der Waals surface area contributed by atoms with Crippen molar-refractivity contribution < 1.29 is 14.3 Å². The van der Waals surface area contributed by atoms with Crippen LogP contribution < -0.4 is 0 Å². The van der Waals surface area contributed by atoms with Crippen LogP contribution >= 0.6 is 0 Å². The van der Waals surface area contributed by atoms with E-state index in [9.17, 15) is 14.8 Å². The Labute approximate surface area is 165 Å². The lowest BCUT2D eigenvalue weighted by atomic mass is 9.59. The van der Waals surface area contributed by atoms with E-state index in [1.165, 1.54) is 0 Å². The maximum atomic E-state index is 14.0. The summed E-state index contributed by atoms with van der Waals surface area (Å²) >= 11 is 0. The minimum atomic E-state index is -1.15. The highest BCUT2D eigenvalue weighted by atomic mass is 16.5. The average Bonchev–Trinajstić information content (AvgIpc) is 3.20. The second-order valence-corrected chi connectivity index (χ2v) is 7.90. The van der Waals surface area contributed by atoms with Crippen molar-refractivity contribution >= 4 is 17.3 Å². The topological polar surface area (TPSA) is 60.2 Å². The highest BCUT2D eigenvalue weighted by Gasteiger charge is 2.72. The van der Waals surface area contributed by atoms with Gasteiger partial charge in [-0.1, -0.05) is 74.0 Å². The summed E-state index contributed by atoms with van der Waals surface area (Å²) in [5, 5.41) is 13.7. The van der Waals surface area contributed by atoms with E-state index in [-0.39, 0.29) is 18.0 Å². The molecular formula is C24H25NO3. The number of carbonyl (C=O) groups is 2. The van der Waals surface area contributed by atoms with Crippen molar-refractivity contribution in [3.63, 3.8) is 0 Å². The Bertz CT molecular complexity index is 893. The summed E-state index contributed by atoms with van der Waals surface area (Å²) in [6.45, 7) is 2.05. The van der Waals surface area contributed by atoms with Crippen molar-refractivity contribution in [1.82, 2.24) is 0 Å². The summed E-state index contributed by atoms with van der Waals surface area (Å²) in [6, 6.07) is 19.1. The molecular weight excluding hydrogens is 350 g/mol. The molecule has 1 heterocycles. The minimum Gasteiger partial charge on any atom is -0.623 e. The zero-order valence-corrected chi connectivity index (χ0v) is 16.2. The molecule has 2 aromatic rings. The van der Waals surface area contributed by atoms with E-state index >= 15 is 0 Å². The lowest BCUT2D eigenvalue weighted by Crippen LogP contribution is -2.55. The molecule has 1 atom stereocenters. The Morgan fingerprint density at radius 1 is 0.964 bits per heavy atom. The van der Waals surface area contributed by atoms with E-state index in [1.807, 2.05) is 67.6 Å². The third kappa shape index (κ3) is 2.40. The van der Waals surface area contributed by atoms with Crippen LogP contribution in [0.15, 0.2) is 60.7 Å². The van der Waals surface area contributed by atoms with Gasteiger partial charge in [0, 0.05) is 19.3 Å². The molecule has 1 spiro atoms. The van der Waals surface area contributed by atoms with Crippen molar-refractivity contribution in [2.24, 2.45) is 0 Å². The Morgan fingerprint density at radius 2 is 1.54 bits per heavy atom. The van der Waals surface area contributed by atoms with E-state index in [2.05, 4.69) is 0 Å². The molecule has 4 heteroatoms. The molecule has 1 unspecified atom stereocenters. The van der Waals surface area contributed by atoms with Crippen LogP contribution in [0.4, 0.5) is 0 Å². The van der Waals surface area contributed by atoms with Gasteiger partial charge in [-0.2, -0.15) is 4.74 Å². The number of carbonyl (C=O) groups excluding carboxylic acids is 2. The molecule has 28 heavy (non-hydrogen) atoms. The number of Topliss-reactive ketones (excluding diaryl/α,β-unsaturated/α-hetero) is 2. The maximum absolute atomic E-state index is 14.0. The monoisotopic (exact) mass is 375 g/mol. The lowest BCUT2D eigenvalue weighted by molar-refractivity contribution is -0.548. The Balaban J connectivity index is 2.04. The number of rotatable bonds is 5. The first-order chi connectivity index (χ1) is 13.6. The molecule has 1 aliphatic carbocycles. The standard InChI is InChI=1S/C24H25NO3/c1-2-3-14-21-22(27)24(18-10-6-4-7-11-18,19-12-8-5-9-13-19)23(25(21)28)16-15-20(26)17-23/h4-13H,2-3,14-17H2,1H3. The molecule has 0 N–H and O–H groups in total. The molecule has 0 bridgehead atoms. The van der Waals surface area contributed by atoms with Crippen LogP contribution in [0.3, 0.4) is 0 Å². The minimum absolute atomic E-state index is 0.0571. The summed E-state index contributed by atoms with van der Waals surface area (Å²) in [5.74, 6) is -0.0790. The van der Waals surface area contributed by atoms with Crippen molar-refractivity contribution in [1.29, 1.82) is 0 Å². The van der Waals surface area contributed by atoms with Gasteiger partial charge in [0.25, 0.3) is 0 Å². The number of unbranched alkanes of at least 4 members (excludes halogenated alkanes) is 1. The van der Waals surface area contributed by atoms with Gasteiger partial charge in [0.05, 0.1) is 6.42 Å². The van der Waals surface area contributed by atoms with Crippen LogP contribution in [-0.2, 0) is 15.0 Å². The van der Waals surface area contributed by atoms with Crippen molar-refractivity contribution in [3.05, 3.63) is 77.0 Å². The smallest absolute Gasteiger partial charge is 0.244 e. The first-order valence-electron chi connectivity index (χ1n) is 10.1. The van der Waals surface area contributed by atoms with Crippen molar-refractivity contribution in [2.45, 2.75) is 56.4 Å². The fourth-order valence-electron chi connectivity index (χ4n) is 5.18. The van der Waals surface area contributed by atoms with Crippen LogP contribution in [0.2, 0.25) is 0 Å². The first kappa shape index (κ1) is 18.6. The molecule has 2 aliphatic rings. The maximum Gasteiger partial charge on any atom is 0.244 e. The van der Waals surface area contributed by atoms with Crippen LogP contribution in [0.25, 0.3) is 0 Å². The number of hydrogen-bond acceptors (Lipinski definition) is 3. The highest BCUT2D eigenvalue weighted by molar-refractivity contribution is 6.43. The summed E-state index contributed by atoms with van der Waals surface area (Å²) in [5.41, 5.74) is -0.301. The molecule has 4 nitrogen and oxygen atoms in total. The fraction of sp³-hybridized carbons (Fsp3) is 0.375. The second-order valence-electron chi connectivity index (χ2n) is 7.90. The predicted molar refractivity (Wildman–Crippen MR) is 108 cm³/mol. The van der Waals surface area contributed by atoms with Gasteiger partial charge in [-0.25, -0.2) is 0 Å². The molecule has 0 radical (unpaired) electrons. The van der Waals surface area contributed by atoms with E-state index in [4.69, 9.17) is 0 Å². The van der Waals surface area contributed by atoms with Crippen LogP contribution in [0.1, 0.15) is 56.6 Å². The summed E-state index contributed by atoms with van der Waals surface area (Å²) < 4.78 is 0.940. The van der Waals surface area contributed by atoms with Gasteiger partial charge in [-0.3, -0.25) is 9.59 Å². The second kappa shape index (κ2) is 7.01. The van der Waals surface area contributed by atoms with Gasteiger partial charge in [0.15, 0.2) is 5.41 Å². The van der Waals surface area contributed by atoms with Crippen LogP contribution in [0.5, 0.6) is 0 Å². The van der Waals surface area contributed by atoms with E-state index in [0.717, 1.165) is 28.7 Å². The number of nitrogens with zero attached hydrogens (tertiary/aromatic N) is 1. The largest absolute Gasteiger partial charge is 0.623 e. The highest BCUT2D eigenvalue weighted by Crippen LogP contribution is 2.55. The van der Waals surface area contributed by atoms with E-state index in [1.54, 1.807) is 0 Å². The molecule has 2 aromatic carbocycles. The first-order valence-corrected chi connectivity index (χ1v) is 10.1. The van der Waals surface area contributed by atoms with Gasteiger partial charge in [0.2, 0.25) is 17.0 Å². The normalized spacial score (nSPS) is 23.8. The third-order valence-electron chi connectivity index (χ3n) is 6.42. The average molecular weight is 375 g/mol. The van der Waals surface area contributed by atoms with Gasteiger partial charge >= 0.3 is 0 Å². The van der Waals surface area contributed by atoms with Crippen LogP contribution in [-0.4, -0.2) is 27.6 Å². The molecule has 0 saturated heterocycles. The number of hydrogen-bond donors (Lipinski definition) is 0. The molecule has 1 fully saturated rings. The number of hydroxylamine groups is 1. The Kier molecular flexibility index (Phi) is 4.66. The Hall–Kier alpha value is -2.75. The van der Waals surface area contributed by atoms with E-state index in [0.29, 0.717) is 25.0 Å². The zero-order valence-electron chi connectivity index (χ0n) is 16.2. The van der Waals surface area contributed by atoms with Gasteiger partial charge < -0.3 is 5.21 Å². The fourth-order valence-corrected chi connectivity index (χ4v) is 5.18. The van der Waals surface area contributed by atoms with Crippen molar-refractivity contribution in [2.75, 3.05) is 0 Å². The summed E-state index contributed by atoms with van der Waals surface area (Å²) in [4.78, 5) is 26.5. The quantitative estimate of drug-likeness (QED) is 0.582. The predicted octanol–water partition coefficient (Wildman–Crippen LogP) is 4.19. The number of benzene rings is 2. The van der Waals surface area contributed by atoms with E-state index < -0.39 is 11.0 Å². The molecule has 144 valence electrons. The zero-order chi connectivity index (χ0) is 19.8.